The molecule has 0 atom stereocenters. The summed E-state index contributed by atoms with van der Waals surface area (Å²) < 4.78 is 10.6. The Morgan fingerprint density at radius 3 is 2.64 bits per heavy atom. The van der Waals surface area contributed by atoms with E-state index in [2.05, 4.69) is 5.32 Å². The Morgan fingerprint density at radius 1 is 1.16 bits per heavy atom. The molecule has 0 spiro atoms. The Kier molecular flexibility index (Phi) is 4.76. The fraction of sp³-hybridized carbons (Fsp3) is 0.158. The highest BCUT2D eigenvalue weighted by Gasteiger charge is 2.20. The maximum atomic E-state index is 12.2. The fourth-order valence-corrected chi connectivity index (χ4v) is 2.76. The molecule has 0 bridgehead atoms. The first-order chi connectivity index (χ1) is 12.0. The van der Waals surface area contributed by atoms with E-state index in [4.69, 9.17) is 20.8 Å². The number of aryl methyl sites for hydroxylation is 2. The van der Waals surface area contributed by atoms with Crippen LogP contribution in [-0.2, 0) is 9.53 Å². The lowest BCUT2D eigenvalue weighted by Crippen LogP contribution is -2.21. The van der Waals surface area contributed by atoms with Crippen molar-refractivity contribution in [2.24, 2.45) is 0 Å². The van der Waals surface area contributed by atoms with Gasteiger partial charge in [-0.2, -0.15) is 0 Å². The van der Waals surface area contributed by atoms with E-state index >= 15 is 0 Å². The van der Waals surface area contributed by atoms with Gasteiger partial charge in [-0.3, -0.25) is 4.79 Å². The summed E-state index contributed by atoms with van der Waals surface area (Å²) in [7, 11) is 0. The van der Waals surface area contributed by atoms with Gasteiger partial charge in [0.05, 0.1) is 10.7 Å². The van der Waals surface area contributed by atoms with Gasteiger partial charge in [-0.25, -0.2) is 4.79 Å². The zero-order valence-corrected chi connectivity index (χ0v) is 14.5. The van der Waals surface area contributed by atoms with E-state index in [0.717, 1.165) is 10.9 Å². The Balaban J connectivity index is 1.65. The highest BCUT2D eigenvalue weighted by molar-refractivity contribution is 6.33. The third-order valence-corrected chi connectivity index (χ3v) is 4.07. The number of ether oxygens (including phenoxy) is 1. The highest BCUT2D eigenvalue weighted by Crippen LogP contribution is 2.25. The molecule has 1 amide bonds. The summed E-state index contributed by atoms with van der Waals surface area (Å²) in [5.41, 5.74) is 2.73. The number of rotatable bonds is 4. The van der Waals surface area contributed by atoms with Crippen LogP contribution in [0, 0.1) is 13.8 Å². The average molecular weight is 358 g/mol. The number of amides is 1. The van der Waals surface area contributed by atoms with Crippen LogP contribution in [0.1, 0.15) is 21.7 Å². The summed E-state index contributed by atoms with van der Waals surface area (Å²) in [6.07, 6.45) is 0. The van der Waals surface area contributed by atoms with E-state index in [0.29, 0.717) is 21.9 Å². The average Bonchev–Trinajstić information content (AvgIpc) is 2.93. The van der Waals surface area contributed by atoms with Gasteiger partial charge in [-0.05, 0) is 37.6 Å². The number of furan rings is 1. The minimum Gasteiger partial charge on any atom is -0.450 e. The lowest BCUT2D eigenvalue weighted by atomic mass is 10.1. The van der Waals surface area contributed by atoms with Gasteiger partial charge in [0.25, 0.3) is 5.91 Å². The molecule has 1 heterocycles. The molecule has 5 nitrogen and oxygen atoms in total. The zero-order chi connectivity index (χ0) is 18.0. The van der Waals surface area contributed by atoms with Gasteiger partial charge in [0.15, 0.2) is 6.61 Å². The van der Waals surface area contributed by atoms with Gasteiger partial charge >= 0.3 is 5.97 Å². The highest BCUT2D eigenvalue weighted by atomic mass is 35.5. The van der Waals surface area contributed by atoms with Crippen molar-refractivity contribution in [1.82, 2.24) is 0 Å². The van der Waals surface area contributed by atoms with Crippen molar-refractivity contribution in [3.8, 4) is 0 Å². The molecule has 0 aliphatic rings. The van der Waals surface area contributed by atoms with E-state index in [-0.39, 0.29) is 5.76 Å². The molecular formula is C19H16ClNO4. The molecule has 2 aromatic carbocycles. The van der Waals surface area contributed by atoms with Crippen LogP contribution in [0.5, 0.6) is 0 Å². The maximum absolute atomic E-state index is 12.2. The Morgan fingerprint density at radius 2 is 1.92 bits per heavy atom. The molecule has 0 saturated carbocycles. The minimum atomic E-state index is -0.682. The number of nitrogens with one attached hydrogen (secondary N) is 1. The lowest BCUT2D eigenvalue weighted by Gasteiger charge is -2.08. The second kappa shape index (κ2) is 6.99. The quantitative estimate of drug-likeness (QED) is 0.698. The molecule has 0 unspecified atom stereocenters. The predicted octanol–water partition coefficient (Wildman–Crippen LogP) is 4.50. The van der Waals surface area contributed by atoms with Gasteiger partial charge in [0, 0.05) is 10.9 Å². The van der Waals surface area contributed by atoms with Crippen LogP contribution >= 0.6 is 11.6 Å². The van der Waals surface area contributed by atoms with Gasteiger partial charge < -0.3 is 14.5 Å². The molecule has 1 N–H and O–H groups in total. The Hall–Kier alpha value is -2.79. The number of para-hydroxylation sites is 1. The zero-order valence-electron chi connectivity index (χ0n) is 13.8. The van der Waals surface area contributed by atoms with Crippen LogP contribution in [-0.4, -0.2) is 18.5 Å². The number of halogens is 1. The van der Waals surface area contributed by atoms with Crippen LogP contribution in [0.4, 0.5) is 5.69 Å². The predicted molar refractivity (Wildman–Crippen MR) is 96.1 cm³/mol. The molecule has 0 fully saturated rings. The number of anilines is 1. The van der Waals surface area contributed by atoms with E-state index in [1.54, 1.807) is 25.1 Å². The van der Waals surface area contributed by atoms with Crippen LogP contribution in [0.25, 0.3) is 11.0 Å². The van der Waals surface area contributed by atoms with Gasteiger partial charge in [0.2, 0.25) is 5.76 Å². The van der Waals surface area contributed by atoms with Crippen molar-refractivity contribution in [3.63, 3.8) is 0 Å². The molecular weight excluding hydrogens is 342 g/mol. The summed E-state index contributed by atoms with van der Waals surface area (Å²) in [6, 6.07) is 12.6. The largest absolute Gasteiger partial charge is 0.450 e. The molecule has 3 aromatic rings. The van der Waals surface area contributed by atoms with E-state index in [1.807, 2.05) is 31.2 Å². The standard InChI is InChI=1S/C19H16ClNO4/c1-11-7-8-15(14(20)9-11)21-17(22)10-24-19(23)18-12(2)13-5-3-4-6-16(13)25-18/h3-9H,10H2,1-2H3,(H,21,22). The summed E-state index contributed by atoms with van der Waals surface area (Å²) in [4.78, 5) is 24.1. The Labute approximate surface area is 149 Å². The van der Waals surface area contributed by atoms with E-state index in [9.17, 15) is 9.59 Å². The van der Waals surface area contributed by atoms with E-state index < -0.39 is 18.5 Å². The monoisotopic (exact) mass is 357 g/mol. The van der Waals surface area contributed by atoms with E-state index in [1.165, 1.54) is 0 Å². The van der Waals surface area contributed by atoms with Gasteiger partial charge in [-0.15, -0.1) is 0 Å². The van der Waals surface area contributed by atoms with Gasteiger partial charge in [-0.1, -0.05) is 35.9 Å². The van der Waals surface area contributed by atoms with Crippen molar-refractivity contribution in [2.45, 2.75) is 13.8 Å². The summed E-state index contributed by atoms with van der Waals surface area (Å²) in [5, 5.41) is 3.87. The topological polar surface area (TPSA) is 68.5 Å². The number of carbonyl (C=O) groups is 2. The lowest BCUT2D eigenvalue weighted by molar-refractivity contribution is -0.119. The summed E-state index contributed by atoms with van der Waals surface area (Å²) in [6.45, 7) is 3.24. The van der Waals surface area contributed by atoms with Crippen molar-refractivity contribution in [3.05, 3.63) is 64.4 Å². The second-order valence-corrected chi connectivity index (χ2v) is 6.07. The molecule has 0 aliphatic carbocycles. The number of benzene rings is 2. The molecule has 6 heteroatoms. The second-order valence-electron chi connectivity index (χ2n) is 5.66. The van der Waals surface area contributed by atoms with Crippen LogP contribution in [0.3, 0.4) is 0 Å². The van der Waals surface area contributed by atoms with Crippen molar-refractivity contribution in [1.29, 1.82) is 0 Å². The summed E-state index contributed by atoms with van der Waals surface area (Å²) in [5.74, 6) is -1.06. The molecule has 0 saturated heterocycles. The number of esters is 1. The third kappa shape index (κ3) is 3.67. The normalized spacial score (nSPS) is 10.7. The van der Waals surface area contributed by atoms with Crippen molar-refractivity contribution in [2.75, 3.05) is 11.9 Å². The molecule has 0 aliphatic heterocycles. The molecule has 1 aromatic heterocycles. The summed E-state index contributed by atoms with van der Waals surface area (Å²) >= 11 is 6.06. The molecule has 0 radical (unpaired) electrons. The third-order valence-electron chi connectivity index (χ3n) is 3.76. The maximum Gasteiger partial charge on any atom is 0.375 e. The number of carbonyl (C=O) groups excluding carboxylic acids is 2. The molecule has 128 valence electrons. The smallest absolute Gasteiger partial charge is 0.375 e. The van der Waals surface area contributed by atoms with Crippen LogP contribution in [0.15, 0.2) is 46.9 Å². The van der Waals surface area contributed by atoms with Crippen LogP contribution < -0.4 is 5.32 Å². The van der Waals surface area contributed by atoms with Crippen LogP contribution in [0.2, 0.25) is 5.02 Å². The van der Waals surface area contributed by atoms with Gasteiger partial charge in [0.1, 0.15) is 5.58 Å². The first-order valence-electron chi connectivity index (χ1n) is 7.67. The van der Waals surface area contributed by atoms with Crippen molar-refractivity contribution < 1.29 is 18.7 Å². The molecule has 3 rings (SSSR count). The first-order valence-corrected chi connectivity index (χ1v) is 8.05. The number of fused-ring (bicyclic) bond motifs is 1. The Bertz CT molecular complexity index is 961. The minimum absolute atomic E-state index is 0.0994. The number of hydrogen-bond acceptors (Lipinski definition) is 4. The number of hydrogen-bond donors (Lipinski definition) is 1. The SMILES string of the molecule is Cc1ccc(NC(=O)COC(=O)c2oc3ccccc3c2C)c(Cl)c1. The van der Waals surface area contributed by atoms with Crippen molar-refractivity contribution >= 4 is 40.1 Å². The first kappa shape index (κ1) is 17.0. The fourth-order valence-electron chi connectivity index (χ4n) is 2.47. The molecule has 25 heavy (non-hydrogen) atoms.